The highest BCUT2D eigenvalue weighted by Crippen LogP contribution is 2.37. The molecular formula is C11H19NO2. The Bertz CT molecular complexity index is 211. The third-order valence-electron chi connectivity index (χ3n) is 3.55. The first-order valence-electron chi connectivity index (χ1n) is 5.71. The summed E-state index contributed by atoms with van der Waals surface area (Å²) in [4.78, 5) is 10.6. The van der Waals surface area contributed by atoms with Gasteiger partial charge in [0.15, 0.2) is 0 Å². The first-order chi connectivity index (χ1) is 6.77. The van der Waals surface area contributed by atoms with Crippen LogP contribution in [0, 0.1) is 17.8 Å². The zero-order valence-electron chi connectivity index (χ0n) is 8.54. The fourth-order valence-corrected chi connectivity index (χ4v) is 2.46. The van der Waals surface area contributed by atoms with Gasteiger partial charge in [-0.25, -0.2) is 0 Å². The van der Waals surface area contributed by atoms with Gasteiger partial charge in [0.1, 0.15) is 0 Å². The molecule has 2 aliphatic carbocycles. The molecule has 0 spiro atoms. The van der Waals surface area contributed by atoms with Gasteiger partial charge in [-0.2, -0.15) is 0 Å². The number of carboxylic acid groups (broad SMARTS) is 1. The van der Waals surface area contributed by atoms with E-state index < -0.39 is 5.97 Å². The van der Waals surface area contributed by atoms with Gasteiger partial charge in [0.05, 0.1) is 5.92 Å². The van der Waals surface area contributed by atoms with Crippen LogP contribution in [0.3, 0.4) is 0 Å². The number of carboxylic acids is 1. The van der Waals surface area contributed by atoms with Crippen molar-refractivity contribution in [3.05, 3.63) is 0 Å². The van der Waals surface area contributed by atoms with Crippen molar-refractivity contribution < 1.29 is 9.90 Å². The molecule has 0 aromatic carbocycles. The number of aliphatic carboxylic acids is 1. The van der Waals surface area contributed by atoms with E-state index in [1.807, 2.05) is 0 Å². The van der Waals surface area contributed by atoms with E-state index in [2.05, 4.69) is 5.32 Å². The lowest BCUT2D eigenvalue weighted by molar-refractivity contribution is -0.138. The number of carbonyl (C=O) groups is 1. The molecule has 0 aromatic rings. The molecule has 2 rings (SSSR count). The molecule has 80 valence electrons. The molecule has 2 atom stereocenters. The van der Waals surface area contributed by atoms with E-state index in [-0.39, 0.29) is 5.92 Å². The molecular weight excluding hydrogens is 178 g/mol. The molecule has 0 bridgehead atoms. The van der Waals surface area contributed by atoms with Crippen LogP contribution in [0.15, 0.2) is 0 Å². The van der Waals surface area contributed by atoms with Gasteiger partial charge in [-0.3, -0.25) is 4.79 Å². The molecule has 0 saturated heterocycles. The maximum Gasteiger partial charge on any atom is 0.306 e. The first kappa shape index (κ1) is 9.97. The third-order valence-corrected chi connectivity index (χ3v) is 3.55. The monoisotopic (exact) mass is 197 g/mol. The average molecular weight is 197 g/mol. The van der Waals surface area contributed by atoms with Crippen LogP contribution in [0.25, 0.3) is 0 Å². The molecule has 2 fully saturated rings. The molecule has 2 aliphatic rings. The van der Waals surface area contributed by atoms with E-state index in [0.29, 0.717) is 5.92 Å². The van der Waals surface area contributed by atoms with E-state index in [4.69, 9.17) is 5.11 Å². The van der Waals surface area contributed by atoms with E-state index >= 15 is 0 Å². The predicted molar refractivity (Wildman–Crippen MR) is 54.1 cm³/mol. The lowest BCUT2D eigenvalue weighted by atomic mass is 10.1. The second-order valence-corrected chi connectivity index (χ2v) is 4.75. The van der Waals surface area contributed by atoms with Crippen LogP contribution in [0.1, 0.15) is 32.1 Å². The van der Waals surface area contributed by atoms with E-state index in [0.717, 1.165) is 25.4 Å². The molecule has 3 nitrogen and oxygen atoms in total. The van der Waals surface area contributed by atoms with Crippen molar-refractivity contribution in [3.8, 4) is 0 Å². The number of nitrogens with one attached hydrogen (secondary N) is 1. The highest BCUT2D eigenvalue weighted by Gasteiger charge is 2.42. The maximum absolute atomic E-state index is 10.6. The van der Waals surface area contributed by atoms with Crippen molar-refractivity contribution in [1.82, 2.24) is 5.32 Å². The Morgan fingerprint density at radius 1 is 1.29 bits per heavy atom. The van der Waals surface area contributed by atoms with Gasteiger partial charge in [0, 0.05) is 0 Å². The van der Waals surface area contributed by atoms with Crippen molar-refractivity contribution in [2.24, 2.45) is 17.8 Å². The molecule has 0 heterocycles. The fraction of sp³-hybridized carbons (Fsp3) is 0.909. The SMILES string of the molecule is O=C(O)C1CC1CNCC1CCCC1. The van der Waals surface area contributed by atoms with Gasteiger partial charge in [0.2, 0.25) is 0 Å². The van der Waals surface area contributed by atoms with Crippen molar-refractivity contribution in [3.63, 3.8) is 0 Å². The number of hydrogen-bond donors (Lipinski definition) is 2. The van der Waals surface area contributed by atoms with Crippen LogP contribution in [-0.2, 0) is 4.79 Å². The van der Waals surface area contributed by atoms with Gasteiger partial charge in [-0.15, -0.1) is 0 Å². The van der Waals surface area contributed by atoms with Crippen LogP contribution in [0.5, 0.6) is 0 Å². The second-order valence-electron chi connectivity index (χ2n) is 4.75. The maximum atomic E-state index is 10.6. The van der Waals surface area contributed by atoms with Gasteiger partial charge in [0.25, 0.3) is 0 Å². The Balaban J connectivity index is 1.54. The van der Waals surface area contributed by atoms with Crippen LogP contribution in [-0.4, -0.2) is 24.2 Å². The predicted octanol–water partition coefficient (Wildman–Crippen LogP) is 1.49. The average Bonchev–Trinajstić information content (AvgIpc) is 2.73. The van der Waals surface area contributed by atoms with Crippen molar-refractivity contribution in [2.45, 2.75) is 32.1 Å². The Hall–Kier alpha value is -0.570. The minimum atomic E-state index is -0.613. The summed E-state index contributed by atoms with van der Waals surface area (Å²) >= 11 is 0. The number of hydrogen-bond acceptors (Lipinski definition) is 2. The molecule has 2 unspecified atom stereocenters. The Morgan fingerprint density at radius 3 is 2.57 bits per heavy atom. The minimum absolute atomic E-state index is 0.0499. The van der Waals surface area contributed by atoms with E-state index in [1.54, 1.807) is 0 Å². The third kappa shape index (κ3) is 2.47. The summed E-state index contributed by atoms with van der Waals surface area (Å²) in [6.07, 6.45) is 6.37. The van der Waals surface area contributed by atoms with Crippen LogP contribution in [0.2, 0.25) is 0 Å². The molecule has 0 aromatic heterocycles. The highest BCUT2D eigenvalue weighted by atomic mass is 16.4. The lowest BCUT2D eigenvalue weighted by Gasteiger charge is -2.09. The summed E-state index contributed by atoms with van der Waals surface area (Å²) in [7, 11) is 0. The van der Waals surface area contributed by atoms with Gasteiger partial charge >= 0.3 is 5.97 Å². The molecule has 2 saturated carbocycles. The Labute approximate surface area is 84.9 Å². The fourth-order valence-electron chi connectivity index (χ4n) is 2.46. The van der Waals surface area contributed by atoms with Crippen molar-refractivity contribution in [1.29, 1.82) is 0 Å². The molecule has 2 N–H and O–H groups in total. The smallest absolute Gasteiger partial charge is 0.306 e. The lowest BCUT2D eigenvalue weighted by Crippen LogP contribution is -2.24. The second kappa shape index (κ2) is 4.30. The van der Waals surface area contributed by atoms with Crippen molar-refractivity contribution in [2.75, 3.05) is 13.1 Å². The van der Waals surface area contributed by atoms with Gasteiger partial charge in [-0.05, 0) is 44.2 Å². The first-order valence-corrected chi connectivity index (χ1v) is 5.71. The van der Waals surface area contributed by atoms with Gasteiger partial charge in [-0.1, -0.05) is 12.8 Å². The quantitative estimate of drug-likeness (QED) is 0.702. The largest absolute Gasteiger partial charge is 0.481 e. The van der Waals surface area contributed by atoms with Crippen LogP contribution in [0.4, 0.5) is 0 Å². The highest BCUT2D eigenvalue weighted by molar-refractivity contribution is 5.73. The summed E-state index contributed by atoms with van der Waals surface area (Å²) in [5.41, 5.74) is 0. The molecule has 0 amide bonds. The number of rotatable bonds is 5. The molecule has 0 radical (unpaired) electrons. The molecule has 3 heteroatoms. The Kier molecular flexibility index (Phi) is 3.06. The summed E-state index contributed by atoms with van der Waals surface area (Å²) in [6.45, 7) is 2.01. The zero-order valence-corrected chi connectivity index (χ0v) is 8.54. The topological polar surface area (TPSA) is 49.3 Å². The molecule has 0 aliphatic heterocycles. The van der Waals surface area contributed by atoms with Crippen LogP contribution >= 0.6 is 0 Å². The summed E-state index contributed by atoms with van der Waals surface area (Å²) in [5.74, 6) is 0.606. The van der Waals surface area contributed by atoms with E-state index in [9.17, 15) is 4.79 Å². The summed E-state index contributed by atoms with van der Waals surface area (Å²) in [6, 6.07) is 0. The standard InChI is InChI=1S/C11H19NO2/c13-11(14)10-5-9(10)7-12-6-8-3-1-2-4-8/h8-10,12H,1-7H2,(H,13,14). The van der Waals surface area contributed by atoms with E-state index in [1.165, 1.54) is 25.7 Å². The Morgan fingerprint density at radius 2 is 2.00 bits per heavy atom. The molecule has 14 heavy (non-hydrogen) atoms. The zero-order chi connectivity index (χ0) is 9.97. The van der Waals surface area contributed by atoms with Crippen LogP contribution < -0.4 is 5.32 Å². The van der Waals surface area contributed by atoms with Gasteiger partial charge < -0.3 is 10.4 Å². The summed E-state index contributed by atoms with van der Waals surface area (Å²) in [5, 5.41) is 12.1. The summed E-state index contributed by atoms with van der Waals surface area (Å²) < 4.78 is 0. The normalized spacial score (nSPS) is 32.0. The minimum Gasteiger partial charge on any atom is -0.481 e. The van der Waals surface area contributed by atoms with Crippen molar-refractivity contribution >= 4 is 5.97 Å².